The quantitative estimate of drug-likeness (QED) is 0.138. The van der Waals surface area contributed by atoms with Gasteiger partial charge in [-0.3, -0.25) is 24.5 Å². The van der Waals surface area contributed by atoms with Crippen LogP contribution in [0.1, 0.15) is 27.9 Å². The molecule has 1 unspecified atom stereocenters. The first kappa shape index (κ1) is 35.2. The minimum absolute atomic E-state index is 0.133. The van der Waals surface area contributed by atoms with E-state index in [0.717, 1.165) is 41.2 Å². The van der Waals surface area contributed by atoms with E-state index < -0.39 is 23.8 Å². The molecule has 0 bridgehead atoms. The molecule has 0 spiro atoms. The third-order valence-corrected chi connectivity index (χ3v) is 8.91. The molecule has 0 aliphatic carbocycles. The van der Waals surface area contributed by atoms with Crippen molar-refractivity contribution in [2.75, 3.05) is 26.2 Å². The minimum Gasteiger partial charge on any atom is -0.338 e. The largest absolute Gasteiger partial charge is 0.433 e. The first-order valence-electron chi connectivity index (χ1n) is 16.8. The standard InChI is InChI=1S/C41H38F3N5O2/c42-41(43,44)38-20-16-32(28-46-38)17-21-39(50)49(30-34-14-18-35(19-15-34)36-13-7-8-22-45-36)37(27-31-9-3-1-4-10-31)40(51)48-25-23-47(24-26-48)29-33-11-5-2-6-12-33/h1-22,28,37H,23-27,29-30H2. The Bertz CT molecular complexity index is 1900. The lowest BCUT2D eigenvalue weighted by atomic mass is 10.0. The normalized spacial score (nSPS) is 14.4. The van der Waals surface area contributed by atoms with E-state index in [4.69, 9.17) is 0 Å². The molecule has 51 heavy (non-hydrogen) atoms. The van der Waals surface area contributed by atoms with Crippen molar-refractivity contribution in [3.63, 3.8) is 0 Å². The molecule has 2 aromatic heterocycles. The van der Waals surface area contributed by atoms with Gasteiger partial charge in [0.25, 0.3) is 0 Å². The Hall–Kier alpha value is -5.61. The fraction of sp³-hybridized carbons (Fsp3) is 0.220. The molecule has 6 rings (SSSR count). The van der Waals surface area contributed by atoms with Crippen LogP contribution >= 0.6 is 0 Å². The van der Waals surface area contributed by atoms with Gasteiger partial charge in [0.05, 0.1) is 5.69 Å². The van der Waals surface area contributed by atoms with E-state index in [1.807, 2.05) is 95.9 Å². The molecule has 1 aliphatic heterocycles. The zero-order valence-electron chi connectivity index (χ0n) is 28.0. The van der Waals surface area contributed by atoms with Crippen LogP contribution in [-0.2, 0) is 35.3 Å². The number of piperazine rings is 1. The molecule has 1 aliphatic rings. The Kier molecular flexibility index (Phi) is 11.3. The van der Waals surface area contributed by atoms with Crippen LogP contribution in [0.2, 0.25) is 0 Å². The molecule has 10 heteroatoms. The molecule has 1 saturated heterocycles. The first-order valence-corrected chi connectivity index (χ1v) is 16.8. The number of carbonyl (C=O) groups excluding carboxylic acids is 2. The molecule has 1 atom stereocenters. The summed E-state index contributed by atoms with van der Waals surface area (Å²) in [5.74, 6) is -0.595. The summed E-state index contributed by atoms with van der Waals surface area (Å²) < 4.78 is 39.3. The molecule has 3 aromatic carbocycles. The number of halogens is 3. The number of hydrogen-bond donors (Lipinski definition) is 0. The molecule has 0 radical (unpaired) electrons. The van der Waals surface area contributed by atoms with Gasteiger partial charge in [0.15, 0.2) is 0 Å². The van der Waals surface area contributed by atoms with Crippen LogP contribution in [0.3, 0.4) is 0 Å². The number of carbonyl (C=O) groups is 2. The van der Waals surface area contributed by atoms with Crippen molar-refractivity contribution in [2.45, 2.75) is 31.7 Å². The molecule has 2 amide bonds. The number of benzene rings is 3. The third-order valence-electron chi connectivity index (χ3n) is 8.91. The second kappa shape index (κ2) is 16.4. The molecule has 0 N–H and O–H groups in total. The highest BCUT2D eigenvalue weighted by atomic mass is 19.4. The van der Waals surface area contributed by atoms with Crippen molar-refractivity contribution in [1.29, 1.82) is 0 Å². The van der Waals surface area contributed by atoms with E-state index >= 15 is 0 Å². The highest BCUT2D eigenvalue weighted by Gasteiger charge is 2.34. The maximum absolute atomic E-state index is 14.5. The summed E-state index contributed by atoms with van der Waals surface area (Å²) in [6.07, 6.45) is 1.25. The van der Waals surface area contributed by atoms with E-state index in [9.17, 15) is 22.8 Å². The average Bonchev–Trinajstić information content (AvgIpc) is 3.16. The number of hydrogen-bond acceptors (Lipinski definition) is 5. The lowest BCUT2D eigenvalue weighted by Gasteiger charge is -2.39. The van der Waals surface area contributed by atoms with Crippen molar-refractivity contribution in [3.8, 4) is 11.3 Å². The zero-order chi connectivity index (χ0) is 35.6. The maximum Gasteiger partial charge on any atom is 0.433 e. The summed E-state index contributed by atoms with van der Waals surface area (Å²) in [7, 11) is 0. The lowest BCUT2D eigenvalue weighted by molar-refractivity contribution is -0.145. The summed E-state index contributed by atoms with van der Waals surface area (Å²) in [6.45, 7) is 3.35. The van der Waals surface area contributed by atoms with Crippen molar-refractivity contribution in [1.82, 2.24) is 24.7 Å². The number of rotatable bonds is 11. The smallest absolute Gasteiger partial charge is 0.338 e. The fourth-order valence-electron chi connectivity index (χ4n) is 6.13. The summed E-state index contributed by atoms with van der Waals surface area (Å²) in [4.78, 5) is 42.3. The topological polar surface area (TPSA) is 69.6 Å². The van der Waals surface area contributed by atoms with Crippen LogP contribution in [0.25, 0.3) is 17.3 Å². The Labute approximate surface area is 295 Å². The summed E-state index contributed by atoms with van der Waals surface area (Å²) >= 11 is 0. The maximum atomic E-state index is 14.5. The molecule has 3 heterocycles. The van der Waals surface area contributed by atoms with E-state index in [-0.39, 0.29) is 18.9 Å². The van der Waals surface area contributed by atoms with Gasteiger partial charge in [0, 0.05) is 69.7 Å². The number of alkyl halides is 3. The van der Waals surface area contributed by atoms with Gasteiger partial charge in [-0.25, -0.2) is 0 Å². The van der Waals surface area contributed by atoms with E-state index in [1.54, 1.807) is 11.1 Å². The van der Waals surface area contributed by atoms with E-state index in [0.29, 0.717) is 31.7 Å². The fourth-order valence-corrected chi connectivity index (χ4v) is 6.13. The summed E-state index contributed by atoms with van der Waals surface area (Å²) in [5.41, 5.74) is 3.96. The molecule has 5 aromatic rings. The van der Waals surface area contributed by atoms with Crippen LogP contribution in [-0.4, -0.2) is 68.7 Å². The van der Waals surface area contributed by atoms with Crippen LogP contribution in [0.4, 0.5) is 13.2 Å². The number of amides is 2. The van der Waals surface area contributed by atoms with Gasteiger partial charge in [-0.05, 0) is 46.5 Å². The molecular formula is C41H38F3N5O2. The van der Waals surface area contributed by atoms with Gasteiger partial charge in [-0.15, -0.1) is 0 Å². The van der Waals surface area contributed by atoms with Crippen LogP contribution in [0.5, 0.6) is 0 Å². The van der Waals surface area contributed by atoms with Gasteiger partial charge in [-0.1, -0.05) is 97.1 Å². The van der Waals surface area contributed by atoms with E-state index in [1.165, 1.54) is 23.8 Å². The Balaban J connectivity index is 1.28. The van der Waals surface area contributed by atoms with Gasteiger partial charge in [0.1, 0.15) is 11.7 Å². The highest BCUT2D eigenvalue weighted by Crippen LogP contribution is 2.27. The Morgan fingerprint density at radius 3 is 2.02 bits per heavy atom. The average molecular weight is 690 g/mol. The van der Waals surface area contributed by atoms with Gasteiger partial charge in [-0.2, -0.15) is 13.2 Å². The Morgan fingerprint density at radius 1 is 0.745 bits per heavy atom. The summed E-state index contributed by atoms with van der Waals surface area (Å²) in [6, 6.07) is 34.5. The second-order valence-corrected chi connectivity index (χ2v) is 12.5. The van der Waals surface area contributed by atoms with Crippen molar-refractivity contribution in [3.05, 3.63) is 162 Å². The summed E-state index contributed by atoms with van der Waals surface area (Å²) in [5, 5.41) is 0. The Morgan fingerprint density at radius 2 is 1.41 bits per heavy atom. The van der Waals surface area contributed by atoms with Gasteiger partial charge < -0.3 is 9.80 Å². The van der Waals surface area contributed by atoms with Crippen LogP contribution < -0.4 is 0 Å². The van der Waals surface area contributed by atoms with Crippen molar-refractivity contribution >= 4 is 17.9 Å². The lowest BCUT2D eigenvalue weighted by Crippen LogP contribution is -2.56. The van der Waals surface area contributed by atoms with Crippen LogP contribution in [0, 0.1) is 0 Å². The van der Waals surface area contributed by atoms with Crippen LogP contribution in [0.15, 0.2) is 134 Å². The number of aromatic nitrogens is 2. The third kappa shape index (κ3) is 9.55. The van der Waals surface area contributed by atoms with Crippen molar-refractivity contribution < 1.29 is 22.8 Å². The monoisotopic (exact) mass is 689 g/mol. The predicted octanol–water partition coefficient (Wildman–Crippen LogP) is 7.16. The molecular weight excluding hydrogens is 651 g/mol. The first-order chi connectivity index (χ1) is 24.7. The van der Waals surface area contributed by atoms with Gasteiger partial charge in [0.2, 0.25) is 11.8 Å². The molecule has 1 fully saturated rings. The SMILES string of the molecule is O=C(C(Cc1ccccc1)N(Cc1ccc(-c2ccccn2)cc1)C(=O)C=Cc1ccc(C(F)(F)F)nc1)N1CCN(Cc2ccccc2)CC1. The predicted molar refractivity (Wildman–Crippen MR) is 191 cm³/mol. The van der Waals surface area contributed by atoms with Gasteiger partial charge >= 0.3 is 6.18 Å². The minimum atomic E-state index is -4.57. The number of pyridine rings is 2. The molecule has 7 nitrogen and oxygen atoms in total. The zero-order valence-corrected chi connectivity index (χ0v) is 28.0. The molecule has 260 valence electrons. The van der Waals surface area contributed by atoms with E-state index in [2.05, 4.69) is 27.0 Å². The number of nitrogens with zero attached hydrogens (tertiary/aromatic N) is 5. The second-order valence-electron chi connectivity index (χ2n) is 12.5. The highest BCUT2D eigenvalue weighted by molar-refractivity contribution is 5.95. The van der Waals surface area contributed by atoms with Crippen molar-refractivity contribution in [2.24, 2.45) is 0 Å². The molecule has 0 saturated carbocycles.